The van der Waals surface area contributed by atoms with Crippen LogP contribution in [0.25, 0.3) is 0 Å². The summed E-state index contributed by atoms with van der Waals surface area (Å²) in [6.07, 6.45) is 2.03. The van der Waals surface area contributed by atoms with Crippen LogP contribution < -0.4 is 16.1 Å². The highest BCUT2D eigenvalue weighted by Crippen LogP contribution is 2.36. The van der Waals surface area contributed by atoms with E-state index < -0.39 is 12.9 Å². The fourth-order valence-electron chi connectivity index (χ4n) is 3.34. The molecule has 0 spiro atoms. The van der Waals surface area contributed by atoms with Crippen molar-refractivity contribution in [1.29, 1.82) is 0 Å². The zero-order valence-electron chi connectivity index (χ0n) is 15.1. The van der Waals surface area contributed by atoms with Crippen molar-refractivity contribution in [2.24, 2.45) is 11.5 Å². The van der Waals surface area contributed by atoms with Crippen molar-refractivity contribution in [1.82, 2.24) is 4.98 Å². The second-order valence-corrected chi connectivity index (χ2v) is 6.69. The van der Waals surface area contributed by atoms with Crippen LogP contribution >= 0.6 is 0 Å². The molecular weight excluding hydrogens is 345 g/mol. The quantitative estimate of drug-likeness (QED) is 0.518. The number of nitrogens with zero attached hydrogens (tertiary/aromatic N) is 1. The minimum atomic E-state index is -1.16. The number of ketones is 2. The van der Waals surface area contributed by atoms with E-state index in [2.05, 4.69) is 4.98 Å². The van der Waals surface area contributed by atoms with Gasteiger partial charge in [-0.1, -0.05) is 12.1 Å². The van der Waals surface area contributed by atoms with Crippen molar-refractivity contribution in [2.45, 2.75) is 38.7 Å². The summed E-state index contributed by atoms with van der Waals surface area (Å²) >= 11 is 0. The average Bonchev–Trinajstić information content (AvgIpc) is 2.67. The molecule has 5 N–H and O–H groups in total. The lowest BCUT2D eigenvalue weighted by Gasteiger charge is -2.28. The van der Waals surface area contributed by atoms with Gasteiger partial charge in [-0.25, -0.2) is 0 Å². The Balaban J connectivity index is 1.79. The molecule has 3 rings (SSSR count). The summed E-state index contributed by atoms with van der Waals surface area (Å²) in [5.41, 5.74) is 14.4. The summed E-state index contributed by atoms with van der Waals surface area (Å²) in [6, 6.07) is 6.99. The Morgan fingerprint density at radius 1 is 1.33 bits per heavy atom. The number of carbonyl (C=O) groups is 2. The van der Waals surface area contributed by atoms with E-state index >= 15 is 0 Å². The fourth-order valence-corrected chi connectivity index (χ4v) is 3.34. The van der Waals surface area contributed by atoms with Crippen molar-refractivity contribution >= 4 is 18.7 Å². The van der Waals surface area contributed by atoms with Gasteiger partial charge in [0, 0.05) is 37.1 Å². The topological polar surface area (TPSA) is 129 Å². The maximum absolute atomic E-state index is 12.7. The van der Waals surface area contributed by atoms with Crippen molar-refractivity contribution < 1.29 is 19.3 Å². The third-order valence-corrected chi connectivity index (χ3v) is 4.84. The van der Waals surface area contributed by atoms with Gasteiger partial charge in [0.1, 0.15) is 5.75 Å². The number of para-hydroxylation sites is 1. The van der Waals surface area contributed by atoms with Crippen LogP contribution in [0.2, 0.25) is 5.82 Å². The van der Waals surface area contributed by atoms with Crippen LogP contribution in [0.1, 0.15) is 50.9 Å². The lowest BCUT2D eigenvalue weighted by molar-refractivity contribution is 0.0971. The van der Waals surface area contributed by atoms with Crippen LogP contribution in [-0.4, -0.2) is 28.7 Å². The number of rotatable bonds is 6. The highest BCUT2D eigenvalue weighted by molar-refractivity contribution is 6.47. The van der Waals surface area contributed by atoms with Crippen molar-refractivity contribution in [3.8, 4) is 5.75 Å². The van der Waals surface area contributed by atoms with E-state index in [1.54, 1.807) is 18.2 Å². The molecular formula is C19H22BN3O4. The molecule has 0 bridgehead atoms. The van der Waals surface area contributed by atoms with Crippen molar-refractivity contribution in [2.75, 3.05) is 0 Å². The highest BCUT2D eigenvalue weighted by Gasteiger charge is 2.37. The number of fused-ring (bicyclic) bond motifs is 1. The van der Waals surface area contributed by atoms with Crippen LogP contribution in [0.4, 0.5) is 0 Å². The summed E-state index contributed by atoms with van der Waals surface area (Å²) < 4.78 is 5.59. The van der Waals surface area contributed by atoms with Crippen molar-refractivity contribution in [3.05, 3.63) is 58.4 Å². The molecule has 1 atom stereocenters. The van der Waals surface area contributed by atoms with E-state index in [-0.39, 0.29) is 31.1 Å². The zero-order valence-corrected chi connectivity index (χ0v) is 15.1. The molecule has 0 fully saturated rings. The molecule has 7 nitrogen and oxygen atoms in total. The Bertz CT molecular complexity index is 887. The van der Waals surface area contributed by atoms with Crippen LogP contribution in [0.5, 0.6) is 5.75 Å². The van der Waals surface area contributed by atoms with Gasteiger partial charge in [0.25, 0.3) is 0 Å². The number of nitrogens with two attached hydrogens (primary N) is 2. The number of carbonyl (C=O) groups excluding carboxylic acids is 2. The summed E-state index contributed by atoms with van der Waals surface area (Å²) in [6.45, 7) is 1.95. The van der Waals surface area contributed by atoms with Gasteiger partial charge in [-0.2, -0.15) is 0 Å². The highest BCUT2D eigenvalue weighted by atomic mass is 16.5. The number of benzene rings is 1. The second-order valence-electron chi connectivity index (χ2n) is 6.69. The molecule has 1 aliphatic rings. The molecule has 0 radical (unpaired) electrons. The molecule has 27 heavy (non-hydrogen) atoms. The lowest BCUT2D eigenvalue weighted by atomic mass is 9.64. The van der Waals surface area contributed by atoms with Gasteiger partial charge in [-0.3, -0.25) is 14.6 Å². The Morgan fingerprint density at radius 3 is 2.78 bits per heavy atom. The van der Waals surface area contributed by atoms with Gasteiger partial charge >= 0.3 is 7.12 Å². The van der Waals surface area contributed by atoms with Crippen LogP contribution in [-0.2, 0) is 19.5 Å². The molecule has 0 amide bonds. The van der Waals surface area contributed by atoms with Gasteiger partial charge in [0.05, 0.1) is 11.3 Å². The lowest BCUT2D eigenvalue weighted by Crippen LogP contribution is -2.35. The average molecular weight is 367 g/mol. The maximum atomic E-state index is 12.7. The number of pyridine rings is 1. The van der Waals surface area contributed by atoms with E-state index in [1.807, 2.05) is 6.07 Å². The van der Waals surface area contributed by atoms with Crippen LogP contribution in [0.3, 0.4) is 0 Å². The first-order valence-corrected chi connectivity index (χ1v) is 8.83. The molecule has 1 aromatic carbocycles. The molecule has 2 heterocycles. The first kappa shape index (κ1) is 19.2. The van der Waals surface area contributed by atoms with E-state index in [4.69, 9.17) is 16.1 Å². The Morgan fingerprint density at radius 2 is 2.11 bits per heavy atom. The summed E-state index contributed by atoms with van der Waals surface area (Å²) in [5, 5.41) is 10.4. The monoisotopic (exact) mass is 367 g/mol. The molecule has 1 aromatic heterocycles. The Labute approximate surface area is 157 Å². The molecule has 0 unspecified atom stereocenters. The van der Waals surface area contributed by atoms with Crippen molar-refractivity contribution in [3.63, 3.8) is 0 Å². The Kier molecular flexibility index (Phi) is 5.69. The third kappa shape index (κ3) is 3.92. The Hall–Kier alpha value is -2.55. The number of aromatic nitrogens is 1. The first-order valence-electron chi connectivity index (χ1n) is 8.83. The smallest absolute Gasteiger partial charge is 0.526 e. The van der Waals surface area contributed by atoms with Crippen LogP contribution in [0, 0.1) is 0 Å². The predicted octanol–water partition coefficient (Wildman–Crippen LogP) is 1.26. The van der Waals surface area contributed by atoms with E-state index in [9.17, 15) is 14.6 Å². The number of Topliss-reactive ketones (excluding diaryl/α,β-unsaturated/α-hetero) is 2. The summed E-state index contributed by atoms with van der Waals surface area (Å²) in [7, 11) is -1.16. The molecule has 0 saturated carbocycles. The van der Waals surface area contributed by atoms with Crippen LogP contribution in [0.15, 0.2) is 30.5 Å². The maximum Gasteiger partial charge on any atom is 0.526 e. The molecule has 1 aliphatic heterocycles. The normalized spacial score (nSPS) is 15.9. The van der Waals surface area contributed by atoms with Gasteiger partial charge in [-0.15, -0.1) is 0 Å². The molecule has 0 aliphatic carbocycles. The molecule has 140 valence electrons. The number of hydrogen-bond donors (Lipinski definition) is 3. The number of hydrogen-bond acceptors (Lipinski definition) is 7. The third-order valence-electron chi connectivity index (χ3n) is 4.84. The summed E-state index contributed by atoms with van der Waals surface area (Å²) in [4.78, 5) is 28.6. The zero-order chi connectivity index (χ0) is 19.6. The van der Waals surface area contributed by atoms with E-state index in [0.29, 0.717) is 29.0 Å². The largest absolute Gasteiger partial charge is 0.535 e. The van der Waals surface area contributed by atoms with Gasteiger partial charge in [0.15, 0.2) is 11.6 Å². The van der Waals surface area contributed by atoms with E-state index in [1.165, 1.54) is 13.1 Å². The first-order chi connectivity index (χ1) is 12.9. The standard InChI is InChI=1S/C19H22BN3O4/c1-11(24)16-4-2-3-12-6-15(20(26)27-19(12)16)7-18(25)14-5-13(8-21)17(9-22)23-10-14/h2-5,10,15,26H,6-9,21-22H2,1H3/t15-/m1/s1. The minimum absolute atomic E-state index is 0.0958. The van der Waals surface area contributed by atoms with Gasteiger partial charge in [-0.05, 0) is 36.6 Å². The minimum Gasteiger partial charge on any atom is -0.535 e. The SMILES string of the molecule is CC(=O)c1cccc2c1OB(O)[C@@H](CC(=O)c1cnc(CN)c(CN)c1)C2. The summed E-state index contributed by atoms with van der Waals surface area (Å²) in [5.74, 6) is -0.295. The predicted molar refractivity (Wildman–Crippen MR) is 101 cm³/mol. The van der Waals surface area contributed by atoms with E-state index in [0.717, 1.165) is 11.1 Å². The van der Waals surface area contributed by atoms with Gasteiger partial charge in [0.2, 0.25) is 0 Å². The fraction of sp³-hybridized carbons (Fsp3) is 0.316. The van der Waals surface area contributed by atoms with Gasteiger partial charge < -0.3 is 21.1 Å². The molecule has 8 heteroatoms. The molecule has 0 saturated heterocycles. The molecule has 2 aromatic rings. The second kappa shape index (κ2) is 8.00.